The fraction of sp³-hybridized carbons (Fsp3) is 0.417. The van der Waals surface area contributed by atoms with Crippen molar-refractivity contribution < 1.29 is 13.2 Å². The van der Waals surface area contributed by atoms with Gasteiger partial charge in [-0.2, -0.15) is 0 Å². The zero-order valence-corrected chi connectivity index (χ0v) is 11.0. The monoisotopic (exact) mass is 279 g/mol. The van der Waals surface area contributed by atoms with Crippen molar-refractivity contribution in [3.8, 4) is 0 Å². The van der Waals surface area contributed by atoms with Gasteiger partial charge >= 0.3 is 0 Å². The van der Waals surface area contributed by atoms with Crippen molar-refractivity contribution in [3.63, 3.8) is 0 Å². The van der Waals surface area contributed by atoms with E-state index in [9.17, 15) is 13.2 Å². The van der Waals surface area contributed by atoms with Crippen LogP contribution in [0.4, 0.5) is 0 Å². The van der Waals surface area contributed by atoms with Crippen molar-refractivity contribution in [2.24, 2.45) is 0 Å². The second-order valence-corrected chi connectivity index (χ2v) is 7.05. The number of hydrogen-bond donors (Lipinski definition) is 0. The summed E-state index contributed by atoms with van der Waals surface area (Å²) in [6.07, 6.45) is 1.84. The lowest BCUT2D eigenvalue weighted by Gasteiger charge is -2.20. The first-order chi connectivity index (χ1) is 9.11. The molecule has 2 aromatic rings. The summed E-state index contributed by atoms with van der Waals surface area (Å²) < 4.78 is 24.6. The number of carbonyl (C=O) groups excluding carboxylic acids is 1. The Morgan fingerprint density at radius 3 is 2.63 bits per heavy atom. The largest absolute Gasteiger partial charge is 0.296 e. The molecule has 0 atom stereocenters. The van der Waals surface area contributed by atoms with Crippen LogP contribution in [0.5, 0.6) is 0 Å². The highest BCUT2D eigenvalue weighted by atomic mass is 32.2. The van der Waals surface area contributed by atoms with Crippen LogP contribution in [-0.2, 0) is 9.84 Å². The van der Waals surface area contributed by atoms with E-state index in [1.54, 1.807) is 22.6 Å². The first kappa shape index (κ1) is 12.3. The standard InChI is InChI=1S/C12H13N3O3S/c16-8-10-2-1-3-11-13-14-12(15(10)11)9-4-6-19(17,18)7-5-9/h1-3,8-9H,4-7H2. The minimum Gasteiger partial charge on any atom is -0.296 e. The molecule has 0 spiro atoms. The van der Waals surface area contributed by atoms with E-state index in [1.807, 2.05) is 0 Å². The molecule has 0 amide bonds. The lowest BCUT2D eigenvalue weighted by atomic mass is 10.0. The third-order valence-corrected chi connectivity index (χ3v) is 5.24. The highest BCUT2D eigenvalue weighted by Crippen LogP contribution is 2.28. The average molecular weight is 279 g/mol. The number of fused-ring (bicyclic) bond motifs is 1. The van der Waals surface area contributed by atoms with Gasteiger partial charge in [0.2, 0.25) is 0 Å². The van der Waals surface area contributed by atoms with Crippen molar-refractivity contribution >= 4 is 21.8 Å². The molecule has 7 heteroatoms. The Balaban J connectivity index is 2.04. The number of carbonyl (C=O) groups is 1. The smallest absolute Gasteiger partial charge is 0.166 e. The Labute approximate surface area is 110 Å². The van der Waals surface area contributed by atoms with Crippen LogP contribution in [0, 0.1) is 0 Å². The first-order valence-corrected chi connectivity index (χ1v) is 7.92. The third kappa shape index (κ3) is 2.14. The van der Waals surface area contributed by atoms with E-state index >= 15 is 0 Å². The minimum atomic E-state index is -2.90. The van der Waals surface area contributed by atoms with Gasteiger partial charge in [-0.3, -0.25) is 9.20 Å². The molecule has 1 saturated heterocycles. The molecular formula is C12H13N3O3S. The maximum atomic E-state index is 11.5. The summed E-state index contributed by atoms with van der Waals surface area (Å²) in [5.41, 5.74) is 1.11. The second-order valence-electron chi connectivity index (χ2n) is 4.75. The van der Waals surface area contributed by atoms with Crippen LogP contribution < -0.4 is 0 Å². The van der Waals surface area contributed by atoms with Gasteiger partial charge in [0, 0.05) is 5.92 Å². The zero-order valence-electron chi connectivity index (χ0n) is 10.2. The Kier molecular flexibility index (Phi) is 2.85. The molecule has 3 rings (SSSR count). The maximum absolute atomic E-state index is 11.5. The number of pyridine rings is 1. The number of nitrogens with zero attached hydrogens (tertiary/aromatic N) is 3. The molecule has 0 unspecified atom stereocenters. The van der Waals surface area contributed by atoms with Gasteiger partial charge in [0.05, 0.1) is 17.2 Å². The minimum absolute atomic E-state index is 0.0413. The van der Waals surface area contributed by atoms with E-state index in [4.69, 9.17) is 0 Å². The van der Waals surface area contributed by atoms with Gasteiger partial charge in [-0.15, -0.1) is 10.2 Å². The van der Waals surface area contributed by atoms with Crippen LogP contribution in [0.3, 0.4) is 0 Å². The molecule has 0 N–H and O–H groups in total. The molecule has 0 aromatic carbocycles. The van der Waals surface area contributed by atoms with Crippen molar-refractivity contribution in [3.05, 3.63) is 29.7 Å². The van der Waals surface area contributed by atoms with Crippen LogP contribution in [0.1, 0.15) is 35.1 Å². The molecular weight excluding hydrogens is 266 g/mol. The highest BCUT2D eigenvalue weighted by molar-refractivity contribution is 7.91. The zero-order chi connectivity index (χ0) is 13.5. The number of aldehydes is 1. The van der Waals surface area contributed by atoms with Crippen LogP contribution >= 0.6 is 0 Å². The average Bonchev–Trinajstić information content (AvgIpc) is 2.82. The van der Waals surface area contributed by atoms with E-state index < -0.39 is 9.84 Å². The van der Waals surface area contributed by atoms with E-state index in [-0.39, 0.29) is 17.4 Å². The van der Waals surface area contributed by atoms with E-state index in [0.29, 0.717) is 30.0 Å². The highest BCUT2D eigenvalue weighted by Gasteiger charge is 2.28. The van der Waals surface area contributed by atoms with Gasteiger partial charge in [-0.1, -0.05) is 6.07 Å². The molecule has 0 bridgehead atoms. The number of hydrogen-bond acceptors (Lipinski definition) is 5. The Morgan fingerprint density at radius 1 is 1.21 bits per heavy atom. The van der Waals surface area contributed by atoms with Crippen LogP contribution in [0.2, 0.25) is 0 Å². The van der Waals surface area contributed by atoms with Crippen molar-refractivity contribution in [2.45, 2.75) is 18.8 Å². The van der Waals surface area contributed by atoms with E-state index in [0.717, 1.165) is 6.29 Å². The summed E-state index contributed by atoms with van der Waals surface area (Å²) in [7, 11) is -2.90. The molecule has 0 radical (unpaired) electrons. The summed E-state index contributed by atoms with van der Waals surface area (Å²) >= 11 is 0. The van der Waals surface area contributed by atoms with Crippen LogP contribution in [-0.4, -0.2) is 40.8 Å². The summed E-state index contributed by atoms with van der Waals surface area (Å²) in [4.78, 5) is 11.1. The molecule has 1 aliphatic rings. The normalized spacial score (nSPS) is 19.6. The van der Waals surface area contributed by atoms with Crippen molar-refractivity contribution in [1.29, 1.82) is 0 Å². The molecule has 6 nitrogen and oxygen atoms in total. The SMILES string of the molecule is O=Cc1cccc2nnc(C3CCS(=O)(=O)CC3)n12. The quantitative estimate of drug-likeness (QED) is 0.761. The summed E-state index contributed by atoms with van der Waals surface area (Å²) in [6.45, 7) is 0. The molecule has 3 heterocycles. The van der Waals surface area contributed by atoms with Crippen molar-refractivity contribution in [2.75, 3.05) is 11.5 Å². The topological polar surface area (TPSA) is 81.4 Å². The van der Waals surface area contributed by atoms with Gasteiger partial charge < -0.3 is 0 Å². The first-order valence-electron chi connectivity index (χ1n) is 6.10. The lowest BCUT2D eigenvalue weighted by Crippen LogP contribution is -2.23. The Morgan fingerprint density at radius 2 is 1.95 bits per heavy atom. The number of aromatic nitrogens is 3. The molecule has 0 aliphatic carbocycles. The molecule has 0 saturated carbocycles. The van der Waals surface area contributed by atoms with E-state index in [1.165, 1.54) is 0 Å². The van der Waals surface area contributed by atoms with E-state index in [2.05, 4.69) is 10.2 Å². The lowest BCUT2D eigenvalue weighted by molar-refractivity contribution is 0.111. The van der Waals surface area contributed by atoms with Crippen molar-refractivity contribution in [1.82, 2.24) is 14.6 Å². The fourth-order valence-corrected chi connectivity index (χ4v) is 3.98. The molecule has 1 aliphatic heterocycles. The number of sulfone groups is 1. The summed E-state index contributed by atoms with van der Waals surface area (Å²) in [5.74, 6) is 1.08. The molecule has 2 aromatic heterocycles. The van der Waals surface area contributed by atoms with Gasteiger partial charge in [-0.05, 0) is 25.0 Å². The van der Waals surface area contributed by atoms with Crippen LogP contribution in [0.25, 0.3) is 5.65 Å². The Bertz CT molecular complexity index is 722. The summed E-state index contributed by atoms with van der Waals surface area (Å²) in [5, 5.41) is 8.18. The second kappa shape index (κ2) is 4.41. The third-order valence-electron chi connectivity index (χ3n) is 3.52. The fourth-order valence-electron chi connectivity index (χ4n) is 2.49. The van der Waals surface area contributed by atoms with Gasteiger partial charge in [0.15, 0.2) is 11.9 Å². The summed E-state index contributed by atoms with van der Waals surface area (Å²) in [6, 6.07) is 5.23. The molecule has 19 heavy (non-hydrogen) atoms. The van der Waals surface area contributed by atoms with Gasteiger partial charge in [0.25, 0.3) is 0 Å². The molecule has 1 fully saturated rings. The van der Waals surface area contributed by atoms with Crippen LogP contribution in [0.15, 0.2) is 18.2 Å². The maximum Gasteiger partial charge on any atom is 0.166 e. The number of rotatable bonds is 2. The van der Waals surface area contributed by atoms with Gasteiger partial charge in [0.1, 0.15) is 15.7 Å². The van der Waals surface area contributed by atoms with Gasteiger partial charge in [-0.25, -0.2) is 8.42 Å². The molecule has 100 valence electrons. The predicted molar refractivity (Wildman–Crippen MR) is 69.0 cm³/mol. The predicted octanol–water partition coefficient (Wildman–Crippen LogP) is 0.834. The Hall–Kier alpha value is -1.76.